The number of hydrogen-bond acceptors (Lipinski definition) is 2. The summed E-state index contributed by atoms with van der Waals surface area (Å²) >= 11 is 3.48. The third-order valence-corrected chi connectivity index (χ3v) is 4.14. The van der Waals surface area contributed by atoms with Crippen LogP contribution in [0.15, 0.2) is 16.6 Å². The van der Waals surface area contributed by atoms with Crippen molar-refractivity contribution in [3.63, 3.8) is 0 Å². The van der Waals surface area contributed by atoms with Gasteiger partial charge in [0.15, 0.2) is 0 Å². The van der Waals surface area contributed by atoms with Gasteiger partial charge in [-0.25, -0.2) is 4.39 Å². The lowest BCUT2D eigenvalue weighted by atomic mass is 9.99. The number of amides is 1. The summed E-state index contributed by atoms with van der Waals surface area (Å²) in [6.45, 7) is 4.67. The number of halogens is 2. The quantitative estimate of drug-likeness (QED) is 0.861. The Morgan fingerprint density at radius 1 is 1.47 bits per heavy atom. The molecule has 0 saturated carbocycles. The first-order valence-corrected chi connectivity index (χ1v) is 7.30. The van der Waals surface area contributed by atoms with Crippen LogP contribution in [-0.4, -0.2) is 30.4 Å². The van der Waals surface area contributed by atoms with E-state index in [0.717, 1.165) is 41.5 Å². The summed E-state index contributed by atoms with van der Waals surface area (Å²) in [7, 11) is 0. The number of carbonyl (C=O) groups is 1. The zero-order valence-electron chi connectivity index (χ0n) is 11.0. The van der Waals surface area contributed by atoms with Crippen LogP contribution in [0.4, 0.5) is 4.39 Å². The minimum Gasteiger partial charge on any atom is -0.356 e. The first-order valence-electron chi connectivity index (χ1n) is 6.50. The molecular weight excluding hydrogens is 311 g/mol. The van der Waals surface area contributed by atoms with E-state index in [1.165, 1.54) is 13.0 Å². The summed E-state index contributed by atoms with van der Waals surface area (Å²) in [6, 6.07) is 3.30. The number of carbonyl (C=O) groups excluding carboxylic acids is 1. The molecule has 3 nitrogen and oxygen atoms in total. The van der Waals surface area contributed by atoms with Crippen LogP contribution >= 0.6 is 15.9 Å². The topological polar surface area (TPSA) is 32.3 Å². The normalized spacial score (nSPS) is 15.1. The number of rotatable bonds is 4. The first kappa shape index (κ1) is 14.5. The van der Waals surface area contributed by atoms with Crippen molar-refractivity contribution >= 4 is 21.8 Å². The molecule has 1 aromatic rings. The van der Waals surface area contributed by atoms with Crippen LogP contribution in [0, 0.1) is 5.82 Å². The molecule has 1 heterocycles. The van der Waals surface area contributed by atoms with Crippen molar-refractivity contribution < 1.29 is 9.18 Å². The Kier molecular flexibility index (Phi) is 4.93. The Morgan fingerprint density at radius 3 is 3.00 bits per heavy atom. The standard InChI is InChI=1S/C14H18BrFN2O/c1-10(19)17-6-2-7-18-8-5-11-12(9-18)14(16)4-3-13(11)15/h3-4H,2,5-9H2,1H3,(H,17,19). The van der Waals surface area contributed by atoms with Crippen molar-refractivity contribution in [1.29, 1.82) is 0 Å². The smallest absolute Gasteiger partial charge is 0.216 e. The van der Waals surface area contributed by atoms with Gasteiger partial charge in [0.05, 0.1) is 0 Å². The molecule has 2 rings (SSSR count). The fourth-order valence-electron chi connectivity index (χ4n) is 2.41. The van der Waals surface area contributed by atoms with Crippen molar-refractivity contribution in [3.05, 3.63) is 33.5 Å². The van der Waals surface area contributed by atoms with E-state index >= 15 is 0 Å². The Balaban J connectivity index is 1.91. The van der Waals surface area contributed by atoms with Crippen molar-refractivity contribution in [2.45, 2.75) is 26.3 Å². The minimum atomic E-state index is -0.121. The van der Waals surface area contributed by atoms with E-state index in [4.69, 9.17) is 0 Å². The highest BCUT2D eigenvalue weighted by atomic mass is 79.9. The second kappa shape index (κ2) is 6.48. The van der Waals surface area contributed by atoms with Gasteiger partial charge in [-0.3, -0.25) is 9.69 Å². The van der Waals surface area contributed by atoms with Crippen LogP contribution in [0.2, 0.25) is 0 Å². The van der Waals surface area contributed by atoms with Gasteiger partial charge in [-0.1, -0.05) is 15.9 Å². The van der Waals surface area contributed by atoms with Gasteiger partial charge in [0.25, 0.3) is 0 Å². The maximum Gasteiger partial charge on any atom is 0.216 e. The largest absolute Gasteiger partial charge is 0.356 e. The van der Waals surface area contributed by atoms with Crippen LogP contribution < -0.4 is 5.32 Å². The zero-order valence-corrected chi connectivity index (χ0v) is 12.6. The summed E-state index contributed by atoms with van der Waals surface area (Å²) in [5, 5.41) is 2.78. The van der Waals surface area contributed by atoms with Gasteiger partial charge in [0, 0.05) is 43.1 Å². The molecule has 0 bridgehead atoms. The number of nitrogens with zero attached hydrogens (tertiary/aromatic N) is 1. The SMILES string of the molecule is CC(=O)NCCCN1CCc2c(Br)ccc(F)c2C1. The van der Waals surface area contributed by atoms with Crippen LogP contribution in [0.3, 0.4) is 0 Å². The van der Waals surface area contributed by atoms with Crippen LogP contribution in [0.25, 0.3) is 0 Å². The third kappa shape index (κ3) is 3.76. The third-order valence-electron chi connectivity index (χ3n) is 3.40. The van der Waals surface area contributed by atoms with Crippen molar-refractivity contribution in [1.82, 2.24) is 10.2 Å². The molecule has 0 radical (unpaired) electrons. The van der Waals surface area contributed by atoms with Crippen LogP contribution in [0.5, 0.6) is 0 Å². The van der Waals surface area contributed by atoms with Gasteiger partial charge < -0.3 is 5.32 Å². The van der Waals surface area contributed by atoms with Crippen LogP contribution in [-0.2, 0) is 17.8 Å². The molecule has 0 unspecified atom stereocenters. The summed E-state index contributed by atoms with van der Waals surface area (Å²) in [4.78, 5) is 13.0. The van der Waals surface area contributed by atoms with E-state index in [1.54, 1.807) is 6.07 Å². The van der Waals surface area contributed by atoms with Gasteiger partial charge in [-0.15, -0.1) is 0 Å². The van der Waals surface area contributed by atoms with Gasteiger partial charge in [0.2, 0.25) is 5.91 Å². The molecule has 0 aliphatic carbocycles. The molecule has 104 valence electrons. The summed E-state index contributed by atoms with van der Waals surface area (Å²) < 4.78 is 14.8. The van der Waals surface area contributed by atoms with Gasteiger partial charge in [-0.05, 0) is 30.5 Å². The second-order valence-corrected chi connectivity index (χ2v) is 5.70. The van der Waals surface area contributed by atoms with E-state index < -0.39 is 0 Å². The Hall–Kier alpha value is -0.940. The van der Waals surface area contributed by atoms with E-state index in [9.17, 15) is 9.18 Å². The maximum atomic E-state index is 13.8. The number of fused-ring (bicyclic) bond motifs is 1. The van der Waals surface area contributed by atoms with Gasteiger partial charge in [-0.2, -0.15) is 0 Å². The molecule has 19 heavy (non-hydrogen) atoms. The molecule has 0 saturated heterocycles. The molecule has 0 spiro atoms. The molecule has 0 atom stereocenters. The summed E-state index contributed by atoms with van der Waals surface area (Å²) in [5.74, 6) is -0.122. The highest BCUT2D eigenvalue weighted by Crippen LogP contribution is 2.28. The fourth-order valence-corrected chi connectivity index (χ4v) is 2.98. The molecule has 1 amide bonds. The van der Waals surface area contributed by atoms with Crippen LogP contribution in [0.1, 0.15) is 24.5 Å². The first-order chi connectivity index (χ1) is 9.08. The summed E-state index contributed by atoms with van der Waals surface area (Å²) in [5.41, 5.74) is 1.90. The Morgan fingerprint density at radius 2 is 2.26 bits per heavy atom. The highest BCUT2D eigenvalue weighted by Gasteiger charge is 2.20. The van der Waals surface area contributed by atoms with E-state index in [2.05, 4.69) is 26.1 Å². The highest BCUT2D eigenvalue weighted by molar-refractivity contribution is 9.10. The number of hydrogen-bond donors (Lipinski definition) is 1. The fraction of sp³-hybridized carbons (Fsp3) is 0.500. The molecule has 1 aliphatic heterocycles. The minimum absolute atomic E-state index is 0.000959. The Bertz CT molecular complexity index is 479. The molecule has 5 heteroatoms. The van der Waals surface area contributed by atoms with E-state index in [-0.39, 0.29) is 11.7 Å². The average Bonchev–Trinajstić information content (AvgIpc) is 2.39. The van der Waals surface area contributed by atoms with Gasteiger partial charge >= 0.3 is 0 Å². The predicted molar refractivity (Wildman–Crippen MR) is 76.4 cm³/mol. The molecule has 1 aromatic carbocycles. The maximum absolute atomic E-state index is 13.8. The summed E-state index contributed by atoms with van der Waals surface area (Å²) in [6.07, 6.45) is 1.76. The number of benzene rings is 1. The molecule has 0 aromatic heterocycles. The predicted octanol–water partition coefficient (Wildman–Crippen LogP) is 2.47. The lowest BCUT2D eigenvalue weighted by molar-refractivity contribution is -0.118. The monoisotopic (exact) mass is 328 g/mol. The van der Waals surface area contributed by atoms with E-state index in [1.807, 2.05) is 0 Å². The van der Waals surface area contributed by atoms with Crippen molar-refractivity contribution in [2.75, 3.05) is 19.6 Å². The van der Waals surface area contributed by atoms with Gasteiger partial charge in [0.1, 0.15) is 5.82 Å². The Labute approximate surface area is 121 Å². The molecule has 1 aliphatic rings. The second-order valence-electron chi connectivity index (χ2n) is 4.85. The molecule has 0 fully saturated rings. The van der Waals surface area contributed by atoms with Crippen molar-refractivity contribution in [3.8, 4) is 0 Å². The average molecular weight is 329 g/mol. The van der Waals surface area contributed by atoms with Crippen molar-refractivity contribution in [2.24, 2.45) is 0 Å². The molecule has 1 N–H and O–H groups in total. The lowest BCUT2D eigenvalue weighted by Crippen LogP contribution is -2.34. The van der Waals surface area contributed by atoms with E-state index in [0.29, 0.717) is 13.1 Å². The lowest BCUT2D eigenvalue weighted by Gasteiger charge is -2.29. The zero-order chi connectivity index (χ0) is 13.8. The number of nitrogens with one attached hydrogen (secondary N) is 1. The molecular formula is C14H18BrFN2O.